The molecule has 0 heterocycles. The third-order valence-electron chi connectivity index (χ3n) is 9.73. The summed E-state index contributed by atoms with van der Waals surface area (Å²) in [6, 6.07) is -0.702. The van der Waals surface area contributed by atoms with E-state index in [-0.39, 0.29) is 24.9 Å². The zero-order valence-corrected chi connectivity index (χ0v) is 33.7. The Morgan fingerprint density at radius 3 is 1.61 bits per heavy atom. The quantitative estimate of drug-likeness (QED) is 0.0336. The Balaban J connectivity index is 4.65. The highest BCUT2D eigenvalue weighted by molar-refractivity contribution is 5.77. The minimum absolute atomic E-state index is 0.0647. The number of aliphatic hydroxyl groups excluding tert-OH is 2. The predicted molar refractivity (Wildman–Crippen MR) is 218 cm³/mol. The van der Waals surface area contributed by atoms with E-state index in [1.54, 1.807) is 0 Å². The van der Waals surface area contributed by atoms with Crippen LogP contribution in [0.25, 0.3) is 0 Å². The van der Waals surface area contributed by atoms with Crippen molar-refractivity contribution in [1.29, 1.82) is 0 Å². The van der Waals surface area contributed by atoms with E-state index in [1.807, 2.05) is 0 Å². The summed E-state index contributed by atoms with van der Waals surface area (Å²) in [5.41, 5.74) is 0. The van der Waals surface area contributed by atoms with Crippen molar-refractivity contribution in [3.63, 3.8) is 0 Å². The van der Waals surface area contributed by atoms with Gasteiger partial charge in [-0.2, -0.15) is 0 Å². The number of aliphatic hydroxyl groups is 2. The van der Waals surface area contributed by atoms with Crippen molar-refractivity contribution in [1.82, 2.24) is 5.32 Å². The van der Waals surface area contributed by atoms with Gasteiger partial charge in [-0.1, -0.05) is 179 Å². The number of hydrogen-bond donors (Lipinski definition) is 3. The second-order valence-corrected chi connectivity index (χ2v) is 14.7. The van der Waals surface area contributed by atoms with Crippen molar-refractivity contribution < 1.29 is 24.5 Å². The Kier molecular flexibility index (Phi) is 37.8. The number of ether oxygens (including phenoxy) is 1. The van der Waals surface area contributed by atoms with E-state index >= 15 is 0 Å². The molecule has 6 nitrogen and oxygen atoms in total. The molecule has 0 aromatic rings. The fourth-order valence-electron chi connectivity index (χ4n) is 6.44. The highest BCUT2D eigenvalue weighted by atomic mass is 16.5. The van der Waals surface area contributed by atoms with E-state index in [4.69, 9.17) is 4.74 Å². The zero-order valence-electron chi connectivity index (χ0n) is 33.7. The summed E-state index contributed by atoms with van der Waals surface area (Å²) >= 11 is 0. The highest BCUT2D eigenvalue weighted by Crippen LogP contribution is 2.17. The summed E-state index contributed by atoms with van der Waals surface area (Å²) in [5, 5.41) is 23.5. The molecule has 0 radical (unpaired) electrons. The number of hydrogen-bond acceptors (Lipinski definition) is 5. The molecule has 0 bridgehead atoms. The maximum absolute atomic E-state index is 13.1. The first-order valence-electron chi connectivity index (χ1n) is 21.7. The molecule has 0 saturated carbocycles. The molecule has 0 rings (SSSR count). The van der Waals surface area contributed by atoms with Gasteiger partial charge in [-0.3, -0.25) is 9.59 Å². The number of nitrogens with one attached hydrogen (secondary N) is 1. The molecule has 3 unspecified atom stereocenters. The Morgan fingerprint density at radius 1 is 0.588 bits per heavy atom. The Bertz CT molecular complexity index is 854. The number of allylic oxidation sites excluding steroid dienone is 6. The van der Waals surface area contributed by atoms with Crippen LogP contribution in [0, 0.1) is 0 Å². The fraction of sp³-hybridized carbons (Fsp3) is 0.822. The normalized spacial score (nSPS) is 13.7. The lowest BCUT2D eigenvalue weighted by molar-refractivity contribution is -0.151. The standard InChI is InChI=1S/C45H83NO5/c1-4-7-10-13-16-19-20-21-22-23-26-27-30-33-36-41(51-45(50)38-35-32-29-25-18-15-12-9-6-3)39-44(49)46-42(40-47)43(48)37-34-31-28-24-17-14-11-8-5-2/h7,10,16,19,21-22,41-43,47-48H,4-6,8-9,11-15,17-18,20,23-40H2,1-3H3,(H,46,49)/b10-7+,19-16+,22-21+. The lowest BCUT2D eigenvalue weighted by Crippen LogP contribution is -2.46. The van der Waals surface area contributed by atoms with E-state index in [9.17, 15) is 19.8 Å². The second-order valence-electron chi connectivity index (χ2n) is 14.7. The predicted octanol–water partition coefficient (Wildman–Crippen LogP) is 12.2. The van der Waals surface area contributed by atoms with Crippen molar-refractivity contribution in [3.05, 3.63) is 36.5 Å². The molecule has 3 atom stereocenters. The fourth-order valence-corrected chi connectivity index (χ4v) is 6.44. The maximum atomic E-state index is 13.1. The molecule has 0 aliphatic rings. The van der Waals surface area contributed by atoms with E-state index in [1.165, 1.54) is 77.0 Å². The molecule has 1 amide bonds. The van der Waals surface area contributed by atoms with Gasteiger partial charge in [-0.05, 0) is 57.8 Å². The summed E-state index contributed by atoms with van der Waals surface area (Å²) in [6.45, 7) is 6.31. The van der Waals surface area contributed by atoms with E-state index < -0.39 is 18.2 Å². The summed E-state index contributed by atoms with van der Waals surface area (Å²) in [4.78, 5) is 25.9. The second kappa shape index (κ2) is 39.3. The van der Waals surface area contributed by atoms with E-state index in [2.05, 4.69) is 62.5 Å². The van der Waals surface area contributed by atoms with Gasteiger partial charge in [0.25, 0.3) is 0 Å². The van der Waals surface area contributed by atoms with Crippen LogP contribution in [0.4, 0.5) is 0 Å². The molecule has 0 aliphatic heterocycles. The smallest absolute Gasteiger partial charge is 0.306 e. The van der Waals surface area contributed by atoms with E-state index in [0.29, 0.717) is 19.3 Å². The third kappa shape index (κ3) is 34.9. The van der Waals surface area contributed by atoms with Crippen molar-refractivity contribution in [3.8, 4) is 0 Å². The molecule has 0 aromatic carbocycles. The molecule has 0 aromatic heterocycles. The first-order chi connectivity index (χ1) is 25.0. The minimum atomic E-state index is -0.788. The van der Waals surface area contributed by atoms with Gasteiger partial charge < -0.3 is 20.3 Å². The summed E-state index contributed by atoms with van der Waals surface area (Å²) in [6.07, 6.45) is 43.5. The molecule has 3 N–H and O–H groups in total. The number of rotatable bonds is 38. The van der Waals surface area contributed by atoms with Gasteiger partial charge in [0.1, 0.15) is 6.10 Å². The Labute approximate surface area is 315 Å². The first-order valence-corrected chi connectivity index (χ1v) is 21.7. The van der Waals surface area contributed by atoms with Gasteiger partial charge in [-0.25, -0.2) is 0 Å². The topological polar surface area (TPSA) is 95.9 Å². The minimum Gasteiger partial charge on any atom is -0.462 e. The SMILES string of the molecule is CC/C=C/C/C=C/C/C=C/CCCCCCC(CC(=O)NC(CO)C(O)CCCCCCCCCCC)OC(=O)CCCCCCCCCCC. The third-order valence-corrected chi connectivity index (χ3v) is 9.73. The zero-order chi connectivity index (χ0) is 37.5. The molecule has 0 saturated heterocycles. The number of amides is 1. The van der Waals surface area contributed by atoms with Crippen LogP contribution in [0.2, 0.25) is 0 Å². The van der Waals surface area contributed by atoms with Crippen LogP contribution in [-0.2, 0) is 14.3 Å². The van der Waals surface area contributed by atoms with Crippen LogP contribution in [0.15, 0.2) is 36.5 Å². The van der Waals surface area contributed by atoms with Crippen LogP contribution in [0.5, 0.6) is 0 Å². The van der Waals surface area contributed by atoms with E-state index in [0.717, 1.165) is 89.9 Å². The van der Waals surface area contributed by atoms with Gasteiger partial charge in [0.05, 0.1) is 25.2 Å². The van der Waals surface area contributed by atoms with Crippen LogP contribution in [0.1, 0.15) is 213 Å². The summed E-state index contributed by atoms with van der Waals surface area (Å²) < 4.78 is 5.87. The molecule has 0 fully saturated rings. The lowest BCUT2D eigenvalue weighted by Gasteiger charge is -2.24. The van der Waals surface area contributed by atoms with Gasteiger partial charge in [0.15, 0.2) is 0 Å². The average Bonchev–Trinajstić information content (AvgIpc) is 3.12. The van der Waals surface area contributed by atoms with Gasteiger partial charge in [0.2, 0.25) is 5.91 Å². The largest absolute Gasteiger partial charge is 0.462 e. The number of esters is 1. The van der Waals surface area contributed by atoms with Crippen molar-refractivity contribution in [2.24, 2.45) is 0 Å². The molecule has 51 heavy (non-hydrogen) atoms. The van der Waals surface area contributed by atoms with Crippen LogP contribution >= 0.6 is 0 Å². The van der Waals surface area contributed by atoms with Gasteiger partial charge in [-0.15, -0.1) is 0 Å². The molecule has 298 valence electrons. The molecular weight excluding hydrogens is 634 g/mol. The number of unbranched alkanes of at least 4 members (excludes halogenated alkanes) is 20. The maximum Gasteiger partial charge on any atom is 0.306 e. The average molecular weight is 718 g/mol. The lowest BCUT2D eigenvalue weighted by atomic mass is 10.0. The van der Waals surface area contributed by atoms with Crippen molar-refractivity contribution in [2.75, 3.05) is 6.61 Å². The Morgan fingerprint density at radius 2 is 1.06 bits per heavy atom. The van der Waals surface area contributed by atoms with Crippen LogP contribution in [-0.4, -0.2) is 46.9 Å². The summed E-state index contributed by atoms with van der Waals surface area (Å²) in [7, 11) is 0. The number of carbonyl (C=O) groups is 2. The van der Waals surface area contributed by atoms with Crippen LogP contribution < -0.4 is 5.32 Å². The molecule has 6 heteroatoms. The molecule has 0 aliphatic carbocycles. The highest BCUT2D eigenvalue weighted by Gasteiger charge is 2.24. The van der Waals surface area contributed by atoms with Crippen LogP contribution in [0.3, 0.4) is 0 Å². The molecule has 0 spiro atoms. The Hall–Kier alpha value is -1.92. The van der Waals surface area contributed by atoms with Crippen molar-refractivity contribution >= 4 is 11.9 Å². The summed E-state index contributed by atoms with van der Waals surface area (Å²) in [5.74, 6) is -0.498. The van der Waals surface area contributed by atoms with Gasteiger partial charge >= 0.3 is 5.97 Å². The van der Waals surface area contributed by atoms with Crippen molar-refractivity contribution in [2.45, 2.75) is 232 Å². The molecular formula is C45H83NO5. The monoisotopic (exact) mass is 718 g/mol. The number of carbonyl (C=O) groups excluding carboxylic acids is 2. The van der Waals surface area contributed by atoms with Gasteiger partial charge in [0, 0.05) is 6.42 Å². The first kappa shape index (κ1) is 49.1.